The van der Waals surface area contributed by atoms with Gasteiger partial charge < -0.3 is 24.3 Å². The number of Topliss-reactive ketones (excluding diaryl/α,β-unsaturated/α-hetero) is 2. The van der Waals surface area contributed by atoms with E-state index in [1.807, 2.05) is 0 Å². The minimum atomic E-state index is -1.60. The Kier molecular flexibility index (Phi) is 6.19. The van der Waals surface area contributed by atoms with E-state index in [0.29, 0.717) is 0 Å². The van der Waals surface area contributed by atoms with Crippen LogP contribution in [0.15, 0.2) is 47.1 Å². The average molecular weight is 429 g/mol. The molecule has 0 amide bonds. The molecule has 1 heterocycles. The molecule has 0 saturated heterocycles. The van der Waals surface area contributed by atoms with Gasteiger partial charge in [-0.3, -0.25) is 19.2 Å². The predicted octanol–water partition coefficient (Wildman–Crippen LogP) is 0.676. The third-order valence-corrected chi connectivity index (χ3v) is 4.68. The van der Waals surface area contributed by atoms with Gasteiger partial charge in [-0.25, -0.2) is 4.79 Å². The number of rotatable bonds is 6. The summed E-state index contributed by atoms with van der Waals surface area (Å²) in [5.74, 6) is -6.39. The van der Waals surface area contributed by atoms with Gasteiger partial charge in [0.1, 0.15) is 18.0 Å². The second-order valence-electron chi connectivity index (χ2n) is 6.40. The van der Waals surface area contributed by atoms with E-state index in [1.54, 1.807) is 19.1 Å². The molecule has 1 aromatic rings. The van der Waals surface area contributed by atoms with Crippen molar-refractivity contribution < 1.29 is 42.9 Å². The van der Waals surface area contributed by atoms with Crippen molar-refractivity contribution in [3.8, 4) is 0 Å². The normalized spacial score (nSPS) is 17.3. The molecule has 0 bridgehead atoms. The Morgan fingerprint density at radius 3 is 2.26 bits per heavy atom. The summed E-state index contributed by atoms with van der Waals surface area (Å²) in [6.45, 7) is 1.30. The SMILES string of the molecule is CCOC(=O)CNC1=C(C(=O)OC)C(C(=O)OC)C2=C(O1)C(=O)c1ccccc1C2=O. The monoisotopic (exact) mass is 429 g/mol. The van der Waals surface area contributed by atoms with E-state index in [1.165, 1.54) is 12.1 Å². The molecule has 1 aromatic carbocycles. The molecule has 10 nitrogen and oxygen atoms in total. The Morgan fingerprint density at radius 1 is 1.03 bits per heavy atom. The van der Waals surface area contributed by atoms with Crippen LogP contribution >= 0.6 is 0 Å². The summed E-state index contributed by atoms with van der Waals surface area (Å²) in [7, 11) is 2.14. The van der Waals surface area contributed by atoms with Gasteiger partial charge in [0.05, 0.1) is 26.4 Å². The van der Waals surface area contributed by atoms with Crippen LogP contribution in [-0.4, -0.2) is 56.8 Å². The number of carbonyl (C=O) groups excluding carboxylic acids is 5. The van der Waals surface area contributed by atoms with Crippen molar-refractivity contribution >= 4 is 29.5 Å². The molecule has 0 fully saturated rings. The zero-order chi connectivity index (χ0) is 22.7. The number of methoxy groups -OCH3 is 2. The van der Waals surface area contributed by atoms with Gasteiger partial charge in [-0.2, -0.15) is 0 Å². The summed E-state index contributed by atoms with van der Waals surface area (Å²) in [5.41, 5.74) is -0.590. The Morgan fingerprint density at radius 2 is 1.68 bits per heavy atom. The first-order valence-corrected chi connectivity index (χ1v) is 9.25. The number of carbonyl (C=O) groups is 5. The lowest BCUT2D eigenvalue weighted by Crippen LogP contribution is -2.41. The Hall–Kier alpha value is -3.95. The van der Waals surface area contributed by atoms with E-state index in [4.69, 9.17) is 18.9 Å². The van der Waals surface area contributed by atoms with Crippen molar-refractivity contribution in [2.24, 2.45) is 5.92 Å². The third kappa shape index (κ3) is 3.79. The fourth-order valence-electron chi connectivity index (χ4n) is 3.34. The van der Waals surface area contributed by atoms with E-state index in [-0.39, 0.29) is 29.2 Å². The lowest BCUT2D eigenvalue weighted by molar-refractivity contribution is -0.146. The number of allylic oxidation sites excluding steroid dienone is 1. The summed E-state index contributed by atoms with van der Waals surface area (Å²) in [6, 6.07) is 6.02. The fraction of sp³-hybridized carbons (Fsp3) is 0.286. The molecule has 2 aliphatic rings. The Bertz CT molecular complexity index is 1050. The maximum absolute atomic E-state index is 13.2. The van der Waals surface area contributed by atoms with Crippen molar-refractivity contribution in [2.45, 2.75) is 6.92 Å². The van der Waals surface area contributed by atoms with Gasteiger partial charge in [-0.15, -0.1) is 0 Å². The van der Waals surface area contributed by atoms with Crippen LogP contribution in [0.4, 0.5) is 0 Å². The Balaban J connectivity index is 2.15. The van der Waals surface area contributed by atoms with Gasteiger partial charge in [0.25, 0.3) is 0 Å². The zero-order valence-corrected chi connectivity index (χ0v) is 17.0. The highest BCUT2D eigenvalue weighted by Crippen LogP contribution is 2.40. The number of nitrogens with one attached hydrogen (secondary N) is 1. The van der Waals surface area contributed by atoms with Gasteiger partial charge in [-0.05, 0) is 6.92 Å². The van der Waals surface area contributed by atoms with Crippen LogP contribution in [-0.2, 0) is 33.3 Å². The lowest BCUT2D eigenvalue weighted by Gasteiger charge is -2.31. The summed E-state index contributed by atoms with van der Waals surface area (Å²) < 4.78 is 19.9. The molecule has 1 unspecified atom stereocenters. The first-order chi connectivity index (χ1) is 14.8. The largest absolute Gasteiger partial charge is 0.468 e. The van der Waals surface area contributed by atoms with E-state index >= 15 is 0 Å². The fourth-order valence-corrected chi connectivity index (χ4v) is 3.34. The summed E-state index contributed by atoms with van der Waals surface area (Å²) >= 11 is 0. The van der Waals surface area contributed by atoms with Crippen LogP contribution in [0, 0.1) is 5.92 Å². The van der Waals surface area contributed by atoms with Crippen LogP contribution in [0.2, 0.25) is 0 Å². The lowest BCUT2D eigenvalue weighted by atomic mass is 9.78. The van der Waals surface area contributed by atoms with Gasteiger partial charge in [0.15, 0.2) is 11.5 Å². The summed E-state index contributed by atoms with van der Waals surface area (Å²) in [6.07, 6.45) is 0. The van der Waals surface area contributed by atoms with E-state index < -0.39 is 53.3 Å². The number of fused-ring (bicyclic) bond motifs is 1. The highest BCUT2D eigenvalue weighted by atomic mass is 16.5. The van der Waals surface area contributed by atoms with Gasteiger partial charge in [0.2, 0.25) is 11.7 Å². The second-order valence-corrected chi connectivity index (χ2v) is 6.40. The van der Waals surface area contributed by atoms with Crippen LogP contribution in [0.25, 0.3) is 0 Å². The summed E-state index contributed by atoms with van der Waals surface area (Å²) in [4.78, 5) is 63.2. The molecule has 0 saturated carbocycles. The van der Waals surface area contributed by atoms with E-state index in [2.05, 4.69) is 5.32 Å². The van der Waals surface area contributed by atoms with Crippen LogP contribution in [0.1, 0.15) is 27.6 Å². The number of ketones is 2. The minimum Gasteiger partial charge on any atom is -0.468 e. The molecule has 3 rings (SSSR count). The number of benzene rings is 1. The van der Waals surface area contributed by atoms with Crippen molar-refractivity contribution in [2.75, 3.05) is 27.4 Å². The van der Waals surface area contributed by atoms with E-state index in [0.717, 1.165) is 14.2 Å². The van der Waals surface area contributed by atoms with Gasteiger partial charge in [0, 0.05) is 11.1 Å². The smallest absolute Gasteiger partial charge is 0.340 e. The molecule has 162 valence electrons. The first kappa shape index (κ1) is 21.8. The maximum Gasteiger partial charge on any atom is 0.340 e. The van der Waals surface area contributed by atoms with Gasteiger partial charge >= 0.3 is 17.9 Å². The standard InChI is InChI=1S/C21H19NO9/c1-4-30-12(23)9-22-19-15(21(27)29-3)13(20(26)28-2)14-16(24)10-7-5-6-8-11(10)17(25)18(14)31-19/h5-8,13,22H,4,9H2,1-3H3. The Labute approximate surface area is 176 Å². The molecule has 1 atom stereocenters. The number of hydrogen-bond acceptors (Lipinski definition) is 10. The second kappa shape index (κ2) is 8.82. The molecule has 0 aromatic heterocycles. The topological polar surface area (TPSA) is 134 Å². The third-order valence-electron chi connectivity index (χ3n) is 4.68. The zero-order valence-electron chi connectivity index (χ0n) is 17.0. The first-order valence-electron chi connectivity index (χ1n) is 9.25. The molecular weight excluding hydrogens is 410 g/mol. The molecule has 1 N–H and O–H groups in total. The van der Waals surface area contributed by atoms with Crippen molar-refractivity contribution in [1.29, 1.82) is 0 Å². The maximum atomic E-state index is 13.2. The molecule has 10 heteroatoms. The van der Waals surface area contributed by atoms with Crippen molar-refractivity contribution in [3.63, 3.8) is 0 Å². The van der Waals surface area contributed by atoms with Crippen LogP contribution in [0.5, 0.6) is 0 Å². The van der Waals surface area contributed by atoms with E-state index in [9.17, 15) is 24.0 Å². The molecule has 0 spiro atoms. The van der Waals surface area contributed by atoms with Crippen LogP contribution in [0.3, 0.4) is 0 Å². The highest BCUT2D eigenvalue weighted by Gasteiger charge is 2.49. The molecule has 31 heavy (non-hydrogen) atoms. The molecule has 0 radical (unpaired) electrons. The summed E-state index contributed by atoms with van der Waals surface area (Å²) in [5, 5.41) is 2.55. The predicted molar refractivity (Wildman–Crippen MR) is 102 cm³/mol. The number of ether oxygens (including phenoxy) is 4. The highest BCUT2D eigenvalue weighted by molar-refractivity contribution is 6.28. The quantitative estimate of drug-likeness (QED) is 0.508. The molecule has 1 aliphatic heterocycles. The van der Waals surface area contributed by atoms with Crippen LogP contribution < -0.4 is 5.32 Å². The van der Waals surface area contributed by atoms with Gasteiger partial charge in [-0.1, -0.05) is 24.3 Å². The number of hydrogen-bond donors (Lipinski definition) is 1. The number of esters is 3. The van der Waals surface area contributed by atoms with Crippen molar-refractivity contribution in [3.05, 3.63) is 58.2 Å². The molecular formula is C21H19NO9. The molecule has 1 aliphatic carbocycles. The van der Waals surface area contributed by atoms with Crippen molar-refractivity contribution in [1.82, 2.24) is 5.32 Å². The average Bonchev–Trinajstić information content (AvgIpc) is 2.79. The minimum absolute atomic E-state index is 0.0656.